The molecule has 0 amide bonds. The summed E-state index contributed by atoms with van der Waals surface area (Å²) in [6.45, 7) is -0.610. The topological polar surface area (TPSA) is 35.2 Å². The monoisotopic (exact) mass is 245 g/mol. The Morgan fingerprint density at radius 2 is 1.87 bits per heavy atom. The zero-order chi connectivity index (χ0) is 10.8. The maximum Gasteiger partial charge on any atom is 0.416 e. The molecule has 0 saturated heterocycles. The lowest BCUT2D eigenvalue weighted by atomic mass is 10.1. The van der Waals surface area contributed by atoms with Gasteiger partial charge in [0, 0.05) is 5.56 Å². The van der Waals surface area contributed by atoms with E-state index in [0.717, 1.165) is 18.2 Å². The minimum atomic E-state index is -4.60. The molecule has 0 spiro atoms. The molecule has 15 heavy (non-hydrogen) atoms. The summed E-state index contributed by atoms with van der Waals surface area (Å²) in [5.74, 6) is 3.63. The summed E-state index contributed by atoms with van der Waals surface area (Å²) < 4.78 is 49.8. The Morgan fingerprint density at radius 3 is 2.33 bits per heavy atom. The van der Waals surface area contributed by atoms with Crippen LogP contribution in [-0.4, -0.2) is 0 Å². The molecule has 0 aliphatic carbocycles. The molecule has 7 heteroatoms. The molecule has 0 radical (unpaired) electrons. The highest BCUT2D eigenvalue weighted by atomic mass is 35.5. The summed E-state index contributed by atoms with van der Waals surface area (Å²) in [6, 6.07) is 2.68. The Kier molecular flexibility index (Phi) is 4.99. The average Bonchev–Trinajstić information content (AvgIpc) is 2.07. The van der Waals surface area contributed by atoms with E-state index in [4.69, 9.17) is 0 Å². The standard InChI is InChI=1S/C8H7F4NO.ClH/c9-7-3-1-2-6(8(10,11)12)5(7)4-14-13;/h1-3H,4,13H2;1H. The van der Waals surface area contributed by atoms with Crippen molar-refractivity contribution in [3.05, 3.63) is 35.1 Å². The van der Waals surface area contributed by atoms with Crippen LogP contribution in [0.25, 0.3) is 0 Å². The third-order valence-corrected chi connectivity index (χ3v) is 1.65. The molecule has 2 nitrogen and oxygen atoms in total. The second kappa shape index (κ2) is 5.29. The zero-order valence-electron chi connectivity index (χ0n) is 7.34. The van der Waals surface area contributed by atoms with Gasteiger partial charge in [-0.25, -0.2) is 10.3 Å². The van der Waals surface area contributed by atoms with Gasteiger partial charge in [0.05, 0.1) is 12.2 Å². The summed E-state index contributed by atoms with van der Waals surface area (Å²) >= 11 is 0. The van der Waals surface area contributed by atoms with Crippen LogP contribution in [0.4, 0.5) is 17.6 Å². The lowest BCUT2D eigenvalue weighted by molar-refractivity contribution is -0.139. The maximum absolute atomic E-state index is 12.9. The first-order chi connectivity index (χ1) is 6.46. The van der Waals surface area contributed by atoms with Gasteiger partial charge in [-0.1, -0.05) is 6.07 Å². The molecule has 0 saturated carbocycles. The SMILES string of the molecule is Cl.NOCc1c(F)cccc1C(F)(F)F. The van der Waals surface area contributed by atoms with Crippen LogP contribution >= 0.6 is 12.4 Å². The Bertz CT molecular complexity index is 329. The van der Waals surface area contributed by atoms with Crippen molar-refractivity contribution >= 4 is 12.4 Å². The first-order valence-electron chi connectivity index (χ1n) is 3.63. The van der Waals surface area contributed by atoms with E-state index in [1.54, 1.807) is 0 Å². The van der Waals surface area contributed by atoms with Crippen LogP contribution in [0.5, 0.6) is 0 Å². The molecule has 1 aromatic rings. The smallest absolute Gasteiger partial charge is 0.300 e. The van der Waals surface area contributed by atoms with Gasteiger partial charge in [-0.05, 0) is 12.1 Å². The maximum atomic E-state index is 12.9. The van der Waals surface area contributed by atoms with Crippen LogP contribution in [0.15, 0.2) is 18.2 Å². The van der Waals surface area contributed by atoms with Crippen molar-refractivity contribution in [3.63, 3.8) is 0 Å². The molecule has 1 rings (SSSR count). The fourth-order valence-corrected chi connectivity index (χ4v) is 1.05. The minimum Gasteiger partial charge on any atom is -0.300 e. The molecular weight excluding hydrogens is 238 g/mol. The molecule has 0 aliphatic rings. The number of hydrogen-bond acceptors (Lipinski definition) is 2. The van der Waals surface area contributed by atoms with Crippen molar-refractivity contribution in [2.45, 2.75) is 12.8 Å². The molecule has 0 unspecified atom stereocenters. The molecule has 2 N–H and O–H groups in total. The van der Waals surface area contributed by atoms with Crippen LogP contribution < -0.4 is 5.90 Å². The Morgan fingerprint density at radius 1 is 1.27 bits per heavy atom. The fourth-order valence-electron chi connectivity index (χ4n) is 1.05. The lowest BCUT2D eigenvalue weighted by Crippen LogP contribution is -2.13. The Hall–Kier alpha value is -0.850. The van der Waals surface area contributed by atoms with Crippen molar-refractivity contribution in [2.24, 2.45) is 5.90 Å². The second-order valence-corrected chi connectivity index (χ2v) is 2.57. The highest BCUT2D eigenvalue weighted by molar-refractivity contribution is 5.85. The van der Waals surface area contributed by atoms with Crippen LogP contribution in [-0.2, 0) is 17.6 Å². The van der Waals surface area contributed by atoms with Crippen molar-refractivity contribution in [3.8, 4) is 0 Å². The predicted octanol–water partition coefficient (Wildman–Crippen LogP) is 2.66. The van der Waals surface area contributed by atoms with E-state index in [-0.39, 0.29) is 12.4 Å². The van der Waals surface area contributed by atoms with Gasteiger partial charge in [-0.3, -0.25) is 4.84 Å². The van der Waals surface area contributed by atoms with Crippen LogP contribution in [0.2, 0.25) is 0 Å². The van der Waals surface area contributed by atoms with E-state index in [0.29, 0.717) is 0 Å². The number of benzene rings is 1. The third kappa shape index (κ3) is 3.33. The lowest BCUT2D eigenvalue weighted by Gasteiger charge is -2.12. The van der Waals surface area contributed by atoms with Gasteiger partial charge in [-0.2, -0.15) is 13.2 Å². The van der Waals surface area contributed by atoms with Crippen LogP contribution in [0.3, 0.4) is 0 Å². The molecule has 0 aromatic heterocycles. The van der Waals surface area contributed by atoms with Gasteiger partial charge < -0.3 is 0 Å². The molecule has 0 bridgehead atoms. The van der Waals surface area contributed by atoms with Crippen molar-refractivity contribution in [2.75, 3.05) is 0 Å². The van der Waals surface area contributed by atoms with Gasteiger partial charge in [0.15, 0.2) is 0 Å². The molecule has 0 fully saturated rings. The molecule has 86 valence electrons. The predicted molar refractivity (Wildman–Crippen MR) is 47.6 cm³/mol. The number of hydrogen-bond donors (Lipinski definition) is 1. The summed E-state index contributed by atoms with van der Waals surface area (Å²) in [5.41, 5.74) is -1.65. The van der Waals surface area contributed by atoms with Crippen molar-refractivity contribution in [1.82, 2.24) is 0 Å². The summed E-state index contributed by atoms with van der Waals surface area (Å²) in [4.78, 5) is 4.00. The number of halogens is 5. The fraction of sp³-hybridized carbons (Fsp3) is 0.250. The summed E-state index contributed by atoms with van der Waals surface area (Å²) in [6.07, 6.45) is -4.60. The zero-order valence-corrected chi connectivity index (χ0v) is 8.16. The molecule has 1 aromatic carbocycles. The highest BCUT2D eigenvalue weighted by Gasteiger charge is 2.34. The number of alkyl halides is 3. The largest absolute Gasteiger partial charge is 0.416 e. The van der Waals surface area contributed by atoms with Gasteiger partial charge in [-0.15, -0.1) is 12.4 Å². The third-order valence-electron chi connectivity index (χ3n) is 1.65. The quantitative estimate of drug-likeness (QED) is 0.642. The van der Waals surface area contributed by atoms with Gasteiger partial charge in [0.1, 0.15) is 5.82 Å². The first kappa shape index (κ1) is 14.2. The molecule has 0 heterocycles. The highest BCUT2D eigenvalue weighted by Crippen LogP contribution is 2.33. The summed E-state index contributed by atoms with van der Waals surface area (Å²) in [7, 11) is 0. The van der Waals surface area contributed by atoms with Crippen molar-refractivity contribution in [1.29, 1.82) is 0 Å². The van der Waals surface area contributed by atoms with E-state index >= 15 is 0 Å². The second-order valence-electron chi connectivity index (χ2n) is 2.57. The van der Waals surface area contributed by atoms with E-state index in [9.17, 15) is 17.6 Å². The Balaban J connectivity index is 0.00000196. The molecular formula is C8H8ClF4NO. The van der Waals surface area contributed by atoms with E-state index in [2.05, 4.69) is 10.7 Å². The van der Waals surface area contributed by atoms with Crippen LogP contribution in [0.1, 0.15) is 11.1 Å². The normalized spacial score (nSPS) is 11.0. The number of nitrogens with two attached hydrogens (primary N) is 1. The van der Waals surface area contributed by atoms with E-state index in [1.807, 2.05) is 0 Å². The van der Waals surface area contributed by atoms with Gasteiger partial charge in [0.2, 0.25) is 0 Å². The van der Waals surface area contributed by atoms with E-state index in [1.165, 1.54) is 0 Å². The number of rotatable bonds is 2. The Labute approximate surface area is 89.4 Å². The first-order valence-corrected chi connectivity index (χ1v) is 3.63. The van der Waals surface area contributed by atoms with Gasteiger partial charge >= 0.3 is 6.18 Å². The van der Waals surface area contributed by atoms with Crippen LogP contribution in [0, 0.1) is 5.82 Å². The van der Waals surface area contributed by atoms with E-state index < -0.39 is 29.7 Å². The minimum absolute atomic E-state index is 0. The average molecular weight is 246 g/mol. The summed E-state index contributed by atoms with van der Waals surface area (Å²) in [5, 5.41) is 0. The van der Waals surface area contributed by atoms with Crippen molar-refractivity contribution < 1.29 is 22.4 Å². The van der Waals surface area contributed by atoms with Gasteiger partial charge in [0.25, 0.3) is 0 Å². The molecule has 0 aliphatic heterocycles. The molecule has 0 atom stereocenters.